The SMILES string of the molecule is CN(C)CCOc1ncc(-c2ccc(C#N)cc2)c2cccc(F)c12. The number of halogens is 1. The highest BCUT2D eigenvalue weighted by atomic mass is 19.1. The number of hydrogen-bond donors (Lipinski definition) is 0. The molecule has 0 atom stereocenters. The first-order chi connectivity index (χ1) is 12.1. The van der Waals surface area contributed by atoms with E-state index < -0.39 is 0 Å². The number of fused-ring (bicyclic) bond motifs is 1. The molecule has 0 fully saturated rings. The molecule has 3 aromatic rings. The second-order valence-electron chi connectivity index (χ2n) is 5.98. The summed E-state index contributed by atoms with van der Waals surface area (Å²) in [6.45, 7) is 1.15. The molecule has 0 saturated heterocycles. The molecular formula is C20H18FN3O. The van der Waals surface area contributed by atoms with Crippen LogP contribution in [0.1, 0.15) is 5.56 Å². The number of ether oxygens (including phenoxy) is 1. The molecule has 0 N–H and O–H groups in total. The summed E-state index contributed by atoms with van der Waals surface area (Å²) in [6.07, 6.45) is 1.69. The summed E-state index contributed by atoms with van der Waals surface area (Å²) in [6, 6.07) is 14.2. The molecular weight excluding hydrogens is 317 g/mol. The molecule has 2 aromatic carbocycles. The highest BCUT2D eigenvalue weighted by Crippen LogP contribution is 2.34. The van der Waals surface area contributed by atoms with Gasteiger partial charge in [-0.25, -0.2) is 9.37 Å². The minimum atomic E-state index is -0.361. The van der Waals surface area contributed by atoms with Crippen LogP contribution in [0.15, 0.2) is 48.7 Å². The molecule has 0 aliphatic heterocycles. The highest BCUT2D eigenvalue weighted by Gasteiger charge is 2.14. The van der Waals surface area contributed by atoms with Gasteiger partial charge in [0.2, 0.25) is 5.88 Å². The molecule has 0 unspecified atom stereocenters. The third-order valence-corrected chi connectivity index (χ3v) is 3.93. The Morgan fingerprint density at radius 1 is 1.16 bits per heavy atom. The van der Waals surface area contributed by atoms with Crippen LogP contribution in [0.5, 0.6) is 5.88 Å². The van der Waals surface area contributed by atoms with Crippen molar-refractivity contribution in [3.05, 3.63) is 60.0 Å². The van der Waals surface area contributed by atoms with Crippen LogP contribution in [-0.4, -0.2) is 37.1 Å². The second kappa shape index (κ2) is 7.29. The quantitative estimate of drug-likeness (QED) is 0.710. The summed E-state index contributed by atoms with van der Waals surface area (Å²) in [5, 5.41) is 10.0. The van der Waals surface area contributed by atoms with Gasteiger partial charge in [-0.15, -0.1) is 0 Å². The first-order valence-corrected chi connectivity index (χ1v) is 7.95. The molecule has 5 heteroatoms. The standard InChI is InChI=1S/C20H18FN3O/c1-24(2)10-11-25-20-19-16(4-3-5-18(19)21)17(13-23-20)15-8-6-14(12-22)7-9-15/h3-9,13H,10-11H2,1-2H3. The van der Waals surface area contributed by atoms with Gasteiger partial charge in [-0.1, -0.05) is 24.3 Å². The van der Waals surface area contributed by atoms with Crippen LogP contribution in [0.3, 0.4) is 0 Å². The van der Waals surface area contributed by atoms with E-state index in [1.807, 2.05) is 37.2 Å². The zero-order valence-electron chi connectivity index (χ0n) is 14.2. The van der Waals surface area contributed by atoms with E-state index in [4.69, 9.17) is 10.00 Å². The minimum Gasteiger partial charge on any atom is -0.476 e. The van der Waals surface area contributed by atoms with Crippen molar-refractivity contribution in [2.24, 2.45) is 0 Å². The van der Waals surface area contributed by atoms with Crippen molar-refractivity contribution in [2.45, 2.75) is 0 Å². The van der Waals surface area contributed by atoms with Crippen molar-refractivity contribution in [3.8, 4) is 23.1 Å². The molecule has 0 aliphatic carbocycles. The molecule has 0 bridgehead atoms. The van der Waals surface area contributed by atoms with Gasteiger partial charge in [-0.05, 0) is 43.2 Å². The maximum atomic E-state index is 14.5. The normalized spacial score (nSPS) is 10.8. The van der Waals surface area contributed by atoms with Gasteiger partial charge in [0, 0.05) is 18.3 Å². The molecule has 0 spiro atoms. The first kappa shape index (κ1) is 16.9. The van der Waals surface area contributed by atoms with Gasteiger partial charge >= 0.3 is 0 Å². The number of pyridine rings is 1. The number of rotatable bonds is 5. The van der Waals surface area contributed by atoms with Gasteiger partial charge < -0.3 is 9.64 Å². The van der Waals surface area contributed by atoms with E-state index in [1.165, 1.54) is 6.07 Å². The number of hydrogen-bond acceptors (Lipinski definition) is 4. The number of nitriles is 1. The van der Waals surface area contributed by atoms with Crippen molar-refractivity contribution in [1.82, 2.24) is 9.88 Å². The van der Waals surface area contributed by atoms with E-state index >= 15 is 0 Å². The van der Waals surface area contributed by atoms with Crippen molar-refractivity contribution >= 4 is 10.8 Å². The lowest BCUT2D eigenvalue weighted by Crippen LogP contribution is -2.19. The van der Waals surface area contributed by atoms with Gasteiger partial charge in [-0.3, -0.25) is 0 Å². The monoisotopic (exact) mass is 335 g/mol. The Morgan fingerprint density at radius 2 is 1.92 bits per heavy atom. The molecule has 25 heavy (non-hydrogen) atoms. The zero-order valence-corrected chi connectivity index (χ0v) is 14.2. The molecule has 3 rings (SSSR count). The largest absolute Gasteiger partial charge is 0.476 e. The van der Waals surface area contributed by atoms with Crippen LogP contribution < -0.4 is 4.74 Å². The molecule has 1 aromatic heterocycles. The summed E-state index contributed by atoms with van der Waals surface area (Å²) < 4.78 is 20.2. The number of benzene rings is 2. The number of aromatic nitrogens is 1. The Morgan fingerprint density at radius 3 is 2.60 bits per heavy atom. The van der Waals surface area contributed by atoms with Gasteiger partial charge in [0.15, 0.2) is 0 Å². The topological polar surface area (TPSA) is 49.1 Å². The molecule has 0 saturated carbocycles. The van der Waals surface area contributed by atoms with Gasteiger partial charge in [0.25, 0.3) is 0 Å². The molecule has 1 heterocycles. The lowest BCUT2D eigenvalue weighted by atomic mass is 9.99. The van der Waals surface area contributed by atoms with Crippen LogP contribution in [0.25, 0.3) is 21.9 Å². The van der Waals surface area contributed by atoms with Crippen LogP contribution >= 0.6 is 0 Å². The fraction of sp³-hybridized carbons (Fsp3) is 0.200. The van der Waals surface area contributed by atoms with Crippen LogP contribution in [-0.2, 0) is 0 Å². The van der Waals surface area contributed by atoms with Crippen LogP contribution in [0.4, 0.5) is 4.39 Å². The third-order valence-electron chi connectivity index (χ3n) is 3.93. The maximum absolute atomic E-state index is 14.5. The Kier molecular flexibility index (Phi) is 4.92. The number of nitrogens with zero attached hydrogens (tertiary/aromatic N) is 3. The Hall–Kier alpha value is -2.97. The first-order valence-electron chi connectivity index (χ1n) is 7.95. The Balaban J connectivity index is 2.06. The zero-order chi connectivity index (χ0) is 17.8. The second-order valence-corrected chi connectivity index (χ2v) is 5.98. The molecule has 0 amide bonds. The van der Waals surface area contributed by atoms with Gasteiger partial charge in [0.1, 0.15) is 12.4 Å². The predicted molar refractivity (Wildman–Crippen MR) is 95.9 cm³/mol. The molecule has 126 valence electrons. The summed E-state index contributed by atoms with van der Waals surface area (Å²) in [5.74, 6) is -0.0623. The Bertz CT molecular complexity index is 930. The average Bonchev–Trinajstić information content (AvgIpc) is 2.62. The van der Waals surface area contributed by atoms with Crippen LogP contribution in [0, 0.1) is 17.1 Å². The van der Waals surface area contributed by atoms with E-state index in [2.05, 4.69) is 11.1 Å². The fourth-order valence-corrected chi connectivity index (χ4v) is 2.61. The predicted octanol–water partition coefficient (Wildman–Crippen LogP) is 3.85. The fourth-order valence-electron chi connectivity index (χ4n) is 2.61. The van der Waals surface area contributed by atoms with E-state index in [1.54, 1.807) is 24.4 Å². The minimum absolute atomic E-state index is 0.298. The number of likely N-dealkylation sites (N-methyl/N-ethyl adjacent to an activating group) is 1. The summed E-state index contributed by atoms with van der Waals surface area (Å²) in [5.41, 5.74) is 2.26. The molecule has 0 aliphatic rings. The van der Waals surface area contributed by atoms with E-state index in [0.717, 1.165) is 23.1 Å². The average molecular weight is 335 g/mol. The lowest BCUT2D eigenvalue weighted by molar-refractivity contribution is 0.256. The summed E-state index contributed by atoms with van der Waals surface area (Å²) in [4.78, 5) is 6.33. The van der Waals surface area contributed by atoms with E-state index in [9.17, 15) is 4.39 Å². The Labute approximate surface area is 146 Å². The van der Waals surface area contributed by atoms with Crippen molar-refractivity contribution < 1.29 is 9.13 Å². The maximum Gasteiger partial charge on any atom is 0.224 e. The van der Waals surface area contributed by atoms with Gasteiger partial charge in [0.05, 0.1) is 17.0 Å². The highest BCUT2D eigenvalue weighted by molar-refractivity contribution is 5.99. The van der Waals surface area contributed by atoms with Crippen molar-refractivity contribution in [2.75, 3.05) is 27.2 Å². The molecule has 0 radical (unpaired) electrons. The molecule has 4 nitrogen and oxygen atoms in total. The van der Waals surface area contributed by atoms with Crippen LogP contribution in [0.2, 0.25) is 0 Å². The third kappa shape index (κ3) is 3.59. The summed E-state index contributed by atoms with van der Waals surface area (Å²) in [7, 11) is 3.90. The van der Waals surface area contributed by atoms with E-state index in [0.29, 0.717) is 23.4 Å². The lowest BCUT2D eigenvalue weighted by Gasteiger charge is -2.14. The van der Waals surface area contributed by atoms with Gasteiger partial charge in [-0.2, -0.15) is 5.26 Å². The summed E-state index contributed by atoms with van der Waals surface area (Å²) >= 11 is 0. The smallest absolute Gasteiger partial charge is 0.224 e. The van der Waals surface area contributed by atoms with Crippen molar-refractivity contribution in [1.29, 1.82) is 5.26 Å². The van der Waals surface area contributed by atoms with Crippen molar-refractivity contribution in [3.63, 3.8) is 0 Å². The van der Waals surface area contributed by atoms with E-state index in [-0.39, 0.29) is 5.82 Å².